The highest BCUT2D eigenvalue weighted by Crippen LogP contribution is 2.62. The maximum atomic E-state index is 11.7. The molecule has 13 heavy (non-hydrogen) atoms. The minimum absolute atomic E-state index is 0.00134. The lowest BCUT2D eigenvalue weighted by Gasteiger charge is -2.28. The summed E-state index contributed by atoms with van der Waals surface area (Å²) in [6.07, 6.45) is 1.79. The first-order valence-electron chi connectivity index (χ1n) is 4.66. The molecule has 0 amide bonds. The number of Topliss-reactive ketones (excluding diaryl/α,β-unsaturated/α-hetero) is 1. The highest BCUT2D eigenvalue weighted by Gasteiger charge is 2.71. The van der Waals surface area contributed by atoms with Crippen molar-refractivity contribution in [3.8, 4) is 0 Å². The van der Waals surface area contributed by atoms with Crippen LogP contribution in [-0.2, 0) is 9.37 Å². The first-order chi connectivity index (χ1) is 5.95. The van der Waals surface area contributed by atoms with E-state index in [1.807, 2.05) is 6.92 Å². The van der Waals surface area contributed by atoms with E-state index in [1.165, 1.54) is 0 Å². The van der Waals surface area contributed by atoms with Gasteiger partial charge in [-0.25, -0.2) is 0 Å². The first kappa shape index (κ1) is 8.73. The third kappa shape index (κ3) is 0.713. The molecule has 3 heteroatoms. The largest absolute Gasteiger partial charge is 0.462 e. The molecule has 72 valence electrons. The van der Waals surface area contributed by atoms with Gasteiger partial charge in [-0.3, -0.25) is 4.79 Å². The van der Waals surface area contributed by atoms with Gasteiger partial charge in [-0.2, -0.15) is 4.58 Å². The van der Waals surface area contributed by atoms with E-state index in [1.54, 1.807) is 0 Å². The van der Waals surface area contributed by atoms with E-state index in [0.29, 0.717) is 0 Å². The molecular formula is C10H14O3. The highest BCUT2D eigenvalue weighted by molar-refractivity contribution is 6.43. The van der Waals surface area contributed by atoms with Crippen LogP contribution in [0.15, 0.2) is 0 Å². The zero-order chi connectivity index (χ0) is 9.85. The molecule has 2 aliphatic carbocycles. The summed E-state index contributed by atoms with van der Waals surface area (Å²) in [7, 11) is 0. The van der Waals surface area contributed by atoms with Crippen LogP contribution >= 0.6 is 0 Å². The third-order valence-corrected chi connectivity index (χ3v) is 4.35. The van der Waals surface area contributed by atoms with Crippen molar-refractivity contribution in [2.45, 2.75) is 33.6 Å². The molecule has 2 aliphatic rings. The Kier molecular flexibility index (Phi) is 1.44. The van der Waals surface area contributed by atoms with Crippen LogP contribution in [0.4, 0.5) is 0 Å². The molecule has 0 N–H and O–H groups in total. The van der Waals surface area contributed by atoms with Crippen molar-refractivity contribution >= 4 is 11.6 Å². The number of carbonyl (C=O) groups is 1. The Morgan fingerprint density at radius 3 is 2.38 bits per heavy atom. The predicted octanol–water partition coefficient (Wildman–Crippen LogP) is 0.392. The van der Waals surface area contributed by atoms with Gasteiger partial charge in [0.1, 0.15) is 0 Å². The number of rotatable bonds is 0. The Balaban J connectivity index is 2.59. The first-order valence-corrected chi connectivity index (χ1v) is 4.66. The lowest BCUT2D eigenvalue weighted by molar-refractivity contribution is -1.05. The molecule has 0 heterocycles. The quantitative estimate of drug-likeness (QED) is 0.235. The van der Waals surface area contributed by atoms with E-state index in [4.69, 9.17) is 0 Å². The van der Waals surface area contributed by atoms with E-state index in [0.717, 1.165) is 12.8 Å². The topological polar surface area (TPSA) is 51.4 Å². The van der Waals surface area contributed by atoms with Crippen LogP contribution in [-0.4, -0.2) is 11.6 Å². The van der Waals surface area contributed by atoms with Gasteiger partial charge in [0, 0.05) is 5.92 Å². The maximum Gasteiger partial charge on any atom is 0.401 e. The van der Waals surface area contributed by atoms with Gasteiger partial charge in [-0.05, 0) is 25.2 Å². The van der Waals surface area contributed by atoms with Gasteiger partial charge in [-0.1, -0.05) is 13.8 Å². The average molecular weight is 182 g/mol. The summed E-state index contributed by atoms with van der Waals surface area (Å²) >= 11 is 0. The number of ketones is 2. The molecule has 0 aromatic heterocycles. The Morgan fingerprint density at radius 2 is 2.08 bits per heavy atom. The van der Waals surface area contributed by atoms with E-state index >= 15 is 0 Å². The third-order valence-electron chi connectivity index (χ3n) is 4.35. The summed E-state index contributed by atoms with van der Waals surface area (Å²) in [5.41, 5.74) is -0.430. The molecule has 2 bridgehead atoms. The molecule has 0 aliphatic heterocycles. The average Bonchev–Trinajstić information content (AvgIpc) is 2.32. The van der Waals surface area contributed by atoms with Crippen LogP contribution < -0.4 is 5.26 Å². The van der Waals surface area contributed by atoms with Crippen molar-refractivity contribution in [1.82, 2.24) is 0 Å². The molecule has 2 fully saturated rings. The van der Waals surface area contributed by atoms with Crippen molar-refractivity contribution in [2.75, 3.05) is 0 Å². The smallest absolute Gasteiger partial charge is 0.401 e. The van der Waals surface area contributed by atoms with Gasteiger partial charge >= 0.3 is 5.78 Å². The lowest BCUT2D eigenvalue weighted by atomic mass is 9.70. The van der Waals surface area contributed by atoms with Crippen LogP contribution in [0.25, 0.3) is 0 Å². The fourth-order valence-electron chi connectivity index (χ4n) is 2.93. The predicted molar refractivity (Wildman–Crippen MR) is 44.6 cm³/mol. The van der Waals surface area contributed by atoms with Gasteiger partial charge in [0.15, 0.2) is 0 Å². The van der Waals surface area contributed by atoms with E-state index < -0.39 is 0 Å². The minimum atomic E-state index is -0.323. The Labute approximate surface area is 77.4 Å². The van der Waals surface area contributed by atoms with Crippen molar-refractivity contribution in [1.29, 1.82) is 0 Å². The summed E-state index contributed by atoms with van der Waals surface area (Å²) in [5.74, 6) is 0.101. The molecule has 2 atom stereocenters. The molecule has 0 spiro atoms. The second kappa shape index (κ2) is 2.14. The van der Waals surface area contributed by atoms with E-state index in [2.05, 4.69) is 18.4 Å². The summed E-state index contributed by atoms with van der Waals surface area (Å²) in [4.78, 5) is 11.7. The van der Waals surface area contributed by atoms with Crippen molar-refractivity contribution in [3.05, 3.63) is 0 Å². The number of hydrogen-bond donors (Lipinski definition) is 0. The molecule has 2 unspecified atom stereocenters. The molecule has 2 saturated carbocycles. The second-order valence-electron chi connectivity index (χ2n) is 4.92. The molecule has 0 aromatic carbocycles. The van der Waals surface area contributed by atoms with Crippen LogP contribution in [0.5, 0.6) is 0 Å². The maximum absolute atomic E-state index is 11.7. The Morgan fingerprint density at radius 1 is 1.46 bits per heavy atom. The zero-order valence-corrected chi connectivity index (χ0v) is 8.22. The van der Waals surface area contributed by atoms with Crippen molar-refractivity contribution in [3.63, 3.8) is 0 Å². The summed E-state index contributed by atoms with van der Waals surface area (Å²) in [5, 5.41) is 10.5. The second-order valence-corrected chi connectivity index (χ2v) is 4.92. The molecule has 0 radical (unpaired) electrons. The molecular weight excluding hydrogens is 168 g/mol. The van der Waals surface area contributed by atoms with Gasteiger partial charge in [0.05, 0.1) is 5.41 Å². The Hall–Kier alpha value is -0.860. The molecule has 0 saturated heterocycles. The summed E-state index contributed by atoms with van der Waals surface area (Å²) < 4.78 is 4.01. The fourth-order valence-corrected chi connectivity index (χ4v) is 2.93. The summed E-state index contributed by atoms with van der Waals surface area (Å²) in [6.45, 7) is 6.06. The normalized spacial score (nSPS) is 44.7. The SMILES string of the molecule is CC12CCC(C(=O)C1=[O+][O-])C2(C)C. The molecule has 3 nitrogen and oxygen atoms in total. The van der Waals surface area contributed by atoms with Gasteiger partial charge in [0.25, 0.3) is 5.78 Å². The van der Waals surface area contributed by atoms with Crippen LogP contribution in [0.1, 0.15) is 33.6 Å². The van der Waals surface area contributed by atoms with Crippen molar-refractivity contribution in [2.24, 2.45) is 16.7 Å². The fraction of sp³-hybridized carbons (Fsp3) is 0.800. The summed E-state index contributed by atoms with van der Waals surface area (Å²) in [6, 6.07) is 0. The number of fused-ring (bicyclic) bond motifs is 2. The van der Waals surface area contributed by atoms with Crippen LogP contribution in [0.2, 0.25) is 0 Å². The van der Waals surface area contributed by atoms with Crippen LogP contribution in [0.3, 0.4) is 0 Å². The van der Waals surface area contributed by atoms with Gasteiger partial charge in [-0.15, -0.1) is 0 Å². The Bertz CT molecular complexity index is 303. The molecule has 2 rings (SSSR count). The van der Waals surface area contributed by atoms with Crippen molar-refractivity contribution < 1.29 is 14.6 Å². The van der Waals surface area contributed by atoms with E-state index in [-0.39, 0.29) is 28.3 Å². The zero-order valence-electron chi connectivity index (χ0n) is 8.22. The molecule has 0 aromatic rings. The number of hydrogen-bond acceptors (Lipinski definition) is 2. The standard InChI is InChI=1S/C10H14O3/c1-9(2)6-4-5-10(9,3)8(13-12)7(6)11/h6H,4-5H2,1-3H3. The van der Waals surface area contributed by atoms with Gasteiger partial charge < -0.3 is 5.26 Å². The number of carbonyl (C=O) groups excluding carboxylic acids is 2. The minimum Gasteiger partial charge on any atom is -0.462 e. The van der Waals surface area contributed by atoms with Gasteiger partial charge in [0.2, 0.25) is 0 Å². The monoisotopic (exact) mass is 182 g/mol. The van der Waals surface area contributed by atoms with E-state index in [9.17, 15) is 10.1 Å². The lowest BCUT2D eigenvalue weighted by Crippen LogP contribution is -2.36. The van der Waals surface area contributed by atoms with Crippen LogP contribution in [0, 0.1) is 16.7 Å². The highest BCUT2D eigenvalue weighted by atomic mass is 17.1.